The molecule has 0 amide bonds. The Balaban J connectivity index is 2.87. The van der Waals surface area contributed by atoms with E-state index in [1.807, 2.05) is 7.11 Å². The van der Waals surface area contributed by atoms with Gasteiger partial charge in [0.15, 0.2) is 0 Å². The van der Waals surface area contributed by atoms with Gasteiger partial charge in [-0.25, -0.2) is 0 Å². The average molecular weight is 561 g/mol. The van der Waals surface area contributed by atoms with E-state index in [0.717, 1.165) is 5.75 Å². The van der Waals surface area contributed by atoms with Gasteiger partial charge in [0.05, 0.1) is 0 Å². The molecule has 0 spiro atoms. The van der Waals surface area contributed by atoms with E-state index in [1.54, 1.807) is 5.71 Å². The Morgan fingerprint density at radius 1 is 0.848 bits per heavy atom. The topological polar surface area (TPSA) is 9.23 Å². The molecule has 0 saturated carbocycles. The van der Waals surface area contributed by atoms with Gasteiger partial charge in [-0.15, -0.1) is 0 Å². The SMILES string of the molecule is COc1c(C(C)(C)C)cc(C)cc1C(C)(C)[C]1([Y]([CH2][Si](C)(C)C)[CH2][Si](C)(C)C)C=CC(C)=C1. The minimum absolute atomic E-state index is 0.00132. The van der Waals surface area contributed by atoms with Crippen molar-refractivity contribution in [2.45, 2.75) is 107 Å². The third-order valence-corrected chi connectivity index (χ3v) is 42.2. The second-order valence-corrected chi connectivity index (χ2v) is 37.5. The standard InChI is InChI=1S/C21H29O.2C4H11Si.Y/c1-14-9-10-16(11-14)21(6,7)18-13-15(2)12-17(19(18)22-8)20(3,4)5;2*1-5(2,3)4;/h9-13H,1-8H3;2*1H2,2-4H3;. The van der Waals surface area contributed by atoms with Crippen LogP contribution in [0.15, 0.2) is 35.9 Å². The predicted molar refractivity (Wildman–Crippen MR) is 151 cm³/mol. The summed E-state index contributed by atoms with van der Waals surface area (Å²) in [6.45, 7) is 32.2. The van der Waals surface area contributed by atoms with Gasteiger partial charge in [0.25, 0.3) is 0 Å². The van der Waals surface area contributed by atoms with Crippen LogP contribution in [-0.2, 0) is 38.3 Å². The molecule has 1 aromatic rings. The molecule has 1 unspecified atom stereocenters. The maximum atomic E-state index is 6.25. The van der Waals surface area contributed by atoms with Crippen LogP contribution in [0.4, 0.5) is 0 Å². The Morgan fingerprint density at radius 3 is 1.70 bits per heavy atom. The van der Waals surface area contributed by atoms with Crippen LogP contribution in [0.1, 0.15) is 58.2 Å². The van der Waals surface area contributed by atoms with Crippen molar-refractivity contribution in [3.8, 4) is 5.75 Å². The first kappa shape index (κ1) is 29.3. The van der Waals surface area contributed by atoms with Crippen molar-refractivity contribution in [3.05, 3.63) is 52.6 Å². The van der Waals surface area contributed by atoms with Crippen molar-refractivity contribution >= 4 is 16.1 Å². The van der Waals surface area contributed by atoms with Crippen LogP contribution in [0.5, 0.6) is 5.75 Å². The summed E-state index contributed by atoms with van der Waals surface area (Å²) in [7, 11) is -0.500. The molecular weight excluding hydrogens is 509 g/mol. The van der Waals surface area contributed by atoms with Crippen molar-refractivity contribution < 1.29 is 32.2 Å². The number of hydrogen-bond donors (Lipinski definition) is 0. The van der Waals surface area contributed by atoms with Gasteiger partial charge in [0.1, 0.15) is 0 Å². The quantitative estimate of drug-likeness (QED) is 0.288. The second-order valence-electron chi connectivity index (χ2n) is 14.6. The van der Waals surface area contributed by atoms with Gasteiger partial charge in [0.2, 0.25) is 0 Å². The monoisotopic (exact) mass is 560 g/mol. The molecule has 0 saturated heterocycles. The third kappa shape index (κ3) is 6.63. The summed E-state index contributed by atoms with van der Waals surface area (Å²) in [6, 6.07) is 4.79. The Hall–Kier alpha value is 0.0377. The Bertz CT molecular complexity index is 907. The molecule has 1 aromatic carbocycles. The first-order valence-electron chi connectivity index (χ1n) is 12.8. The molecule has 1 aliphatic carbocycles. The van der Waals surface area contributed by atoms with Crippen LogP contribution in [0, 0.1) is 6.92 Å². The predicted octanol–water partition coefficient (Wildman–Crippen LogP) is 9.46. The van der Waals surface area contributed by atoms with Gasteiger partial charge in [-0.2, -0.15) is 0 Å². The molecule has 0 N–H and O–H groups in total. The number of benzene rings is 1. The number of ether oxygens (including phenoxy) is 1. The number of methoxy groups -OCH3 is 1. The van der Waals surface area contributed by atoms with E-state index < -0.39 is 43.6 Å². The van der Waals surface area contributed by atoms with Crippen LogP contribution in [0.2, 0.25) is 47.2 Å². The molecule has 1 aliphatic rings. The van der Waals surface area contributed by atoms with Gasteiger partial charge >= 0.3 is 220 Å². The summed E-state index contributed by atoms with van der Waals surface area (Å²) in [5, 5.41) is 0. The fourth-order valence-electron chi connectivity index (χ4n) is 6.03. The average Bonchev–Trinajstić information content (AvgIpc) is 3.01. The molecule has 0 bridgehead atoms. The molecule has 184 valence electrons. The molecule has 0 heterocycles. The molecular formula is C29H51OSi2Y. The molecule has 2 rings (SSSR count). The fraction of sp³-hybridized carbons (Fsp3) is 0.655. The van der Waals surface area contributed by atoms with Crippen molar-refractivity contribution in [2.24, 2.45) is 0 Å². The summed E-state index contributed by atoms with van der Waals surface area (Å²) in [5.41, 5.74) is 5.61. The van der Waals surface area contributed by atoms with Gasteiger partial charge in [-0.1, -0.05) is 0 Å². The van der Waals surface area contributed by atoms with Crippen LogP contribution in [0.3, 0.4) is 0 Å². The summed E-state index contributed by atoms with van der Waals surface area (Å²) in [5.74, 6) is 1.12. The Kier molecular flexibility index (Phi) is 8.72. The van der Waals surface area contributed by atoms with Gasteiger partial charge < -0.3 is 0 Å². The van der Waals surface area contributed by atoms with Crippen LogP contribution in [0.25, 0.3) is 0 Å². The summed E-state index contributed by atoms with van der Waals surface area (Å²) in [6.07, 6.45) is 7.82. The zero-order chi connectivity index (χ0) is 25.6. The number of allylic oxidation sites excluding steroid dienone is 4. The van der Waals surface area contributed by atoms with Crippen molar-refractivity contribution in [3.63, 3.8) is 0 Å². The van der Waals surface area contributed by atoms with Crippen LogP contribution < -0.4 is 4.74 Å². The maximum absolute atomic E-state index is 6.25. The Labute approximate surface area is 218 Å². The molecule has 0 radical (unpaired) electrons. The van der Waals surface area contributed by atoms with E-state index in [1.165, 1.54) is 22.3 Å². The number of rotatable bonds is 8. The van der Waals surface area contributed by atoms with E-state index in [4.69, 9.17) is 4.74 Å². The summed E-state index contributed by atoms with van der Waals surface area (Å²) >= 11 is -2.15. The van der Waals surface area contributed by atoms with Crippen molar-refractivity contribution in [2.75, 3.05) is 7.11 Å². The Morgan fingerprint density at radius 2 is 1.33 bits per heavy atom. The number of hydrogen-bond acceptors (Lipinski definition) is 1. The van der Waals surface area contributed by atoms with Gasteiger partial charge in [-0.3, -0.25) is 0 Å². The minimum atomic E-state index is -2.15. The van der Waals surface area contributed by atoms with Crippen LogP contribution in [-0.4, -0.2) is 23.3 Å². The van der Waals surface area contributed by atoms with E-state index >= 15 is 0 Å². The first-order chi connectivity index (χ1) is 14.7. The molecule has 4 heteroatoms. The molecule has 0 aliphatic heterocycles. The van der Waals surface area contributed by atoms with E-state index in [2.05, 4.69) is 118 Å². The normalized spacial score (nSPS) is 19.6. The van der Waals surface area contributed by atoms with E-state index in [-0.39, 0.29) is 13.1 Å². The zero-order valence-corrected chi connectivity index (χ0v) is 29.1. The van der Waals surface area contributed by atoms with E-state index in [9.17, 15) is 0 Å². The van der Waals surface area contributed by atoms with Gasteiger partial charge in [-0.05, 0) is 0 Å². The molecule has 33 heavy (non-hydrogen) atoms. The molecule has 1 atom stereocenters. The van der Waals surface area contributed by atoms with E-state index in [0.29, 0.717) is 0 Å². The number of aryl methyl sites for hydroxylation is 1. The zero-order valence-electron chi connectivity index (χ0n) is 24.3. The van der Waals surface area contributed by atoms with Crippen molar-refractivity contribution in [1.29, 1.82) is 0 Å². The molecule has 1 nitrogen and oxygen atoms in total. The first-order valence-corrected chi connectivity index (χ1v) is 25.7. The molecule has 0 fully saturated rings. The van der Waals surface area contributed by atoms with Crippen LogP contribution >= 0.6 is 0 Å². The summed E-state index contributed by atoms with van der Waals surface area (Å²) < 4.78 is 9.59. The fourth-order valence-corrected chi connectivity index (χ4v) is 45.2. The van der Waals surface area contributed by atoms with Crippen molar-refractivity contribution in [1.82, 2.24) is 0 Å². The third-order valence-electron chi connectivity index (χ3n) is 7.48. The summed E-state index contributed by atoms with van der Waals surface area (Å²) in [4.78, 5) is 0. The van der Waals surface area contributed by atoms with Gasteiger partial charge in [0, 0.05) is 0 Å². The second kappa shape index (κ2) is 9.83. The molecule has 0 aromatic heterocycles.